The van der Waals surface area contributed by atoms with E-state index in [9.17, 15) is 9.59 Å². The summed E-state index contributed by atoms with van der Waals surface area (Å²) in [6.45, 7) is 2.64. The van der Waals surface area contributed by atoms with Gasteiger partial charge in [0.2, 0.25) is 11.8 Å². The third-order valence-corrected chi connectivity index (χ3v) is 5.77. The van der Waals surface area contributed by atoms with Crippen LogP contribution in [0.3, 0.4) is 0 Å². The Bertz CT molecular complexity index is 844. The summed E-state index contributed by atoms with van der Waals surface area (Å²) < 4.78 is 5.71. The Morgan fingerprint density at radius 2 is 2.11 bits per heavy atom. The summed E-state index contributed by atoms with van der Waals surface area (Å²) in [5.41, 5.74) is 1.92. The Morgan fingerprint density at radius 1 is 1.30 bits per heavy atom. The van der Waals surface area contributed by atoms with Crippen LogP contribution in [0.5, 0.6) is 5.75 Å². The van der Waals surface area contributed by atoms with Gasteiger partial charge in [0.25, 0.3) is 0 Å². The predicted molar refractivity (Wildman–Crippen MR) is 109 cm³/mol. The van der Waals surface area contributed by atoms with E-state index in [1.54, 1.807) is 0 Å². The molecule has 0 aliphatic carbocycles. The summed E-state index contributed by atoms with van der Waals surface area (Å²) >= 11 is 7.56. The van der Waals surface area contributed by atoms with Crippen molar-refractivity contribution in [2.75, 3.05) is 18.5 Å². The smallest absolute Gasteiger partial charge is 0.233 e. The molecule has 0 radical (unpaired) electrons. The summed E-state index contributed by atoms with van der Waals surface area (Å²) in [5.74, 6) is 0.719. The van der Waals surface area contributed by atoms with Crippen molar-refractivity contribution >= 4 is 40.9 Å². The summed E-state index contributed by atoms with van der Waals surface area (Å²) in [6, 6.07) is 13.1. The van der Waals surface area contributed by atoms with Gasteiger partial charge in [-0.2, -0.15) is 0 Å². The molecule has 0 aromatic heterocycles. The third kappa shape index (κ3) is 5.40. The molecule has 7 heteroatoms. The number of hydrogen-bond acceptors (Lipinski definition) is 4. The molecule has 1 aliphatic rings. The van der Waals surface area contributed by atoms with Crippen LogP contribution in [0.15, 0.2) is 47.4 Å². The molecule has 0 saturated heterocycles. The van der Waals surface area contributed by atoms with Gasteiger partial charge in [0.1, 0.15) is 12.4 Å². The van der Waals surface area contributed by atoms with Crippen molar-refractivity contribution in [1.82, 2.24) is 5.32 Å². The summed E-state index contributed by atoms with van der Waals surface area (Å²) in [6.07, 6.45) is 1.21. The Kier molecular flexibility index (Phi) is 6.63. The molecule has 0 fully saturated rings. The van der Waals surface area contributed by atoms with Crippen molar-refractivity contribution < 1.29 is 14.3 Å². The first-order valence-electron chi connectivity index (χ1n) is 8.77. The molecule has 2 N–H and O–H groups in total. The van der Waals surface area contributed by atoms with Gasteiger partial charge < -0.3 is 15.4 Å². The van der Waals surface area contributed by atoms with Gasteiger partial charge in [-0.05, 0) is 49.2 Å². The second kappa shape index (κ2) is 9.15. The standard InChI is InChI=1S/C20H21ClN2O3S/c1-13(27-18-5-3-2-4-16(18)21)20(25)22-10-11-26-15-7-8-17-14(12-15)6-9-19(24)23-17/h2-5,7-8,12-13H,6,9-11H2,1H3,(H,22,25)(H,23,24). The van der Waals surface area contributed by atoms with Crippen LogP contribution in [-0.2, 0) is 16.0 Å². The van der Waals surface area contributed by atoms with Gasteiger partial charge in [-0.15, -0.1) is 11.8 Å². The molecule has 2 aromatic rings. The topological polar surface area (TPSA) is 67.4 Å². The van der Waals surface area contributed by atoms with E-state index in [1.165, 1.54) is 11.8 Å². The number of aryl methyl sites for hydroxylation is 1. The van der Waals surface area contributed by atoms with E-state index in [0.29, 0.717) is 31.0 Å². The van der Waals surface area contributed by atoms with Gasteiger partial charge in [-0.1, -0.05) is 23.7 Å². The van der Waals surface area contributed by atoms with Gasteiger partial charge in [0, 0.05) is 17.0 Å². The number of carbonyl (C=O) groups is 2. The van der Waals surface area contributed by atoms with Crippen molar-refractivity contribution in [3.05, 3.63) is 53.1 Å². The van der Waals surface area contributed by atoms with Crippen LogP contribution in [-0.4, -0.2) is 30.2 Å². The average molecular weight is 405 g/mol. The number of hydrogen-bond donors (Lipinski definition) is 2. The van der Waals surface area contributed by atoms with Gasteiger partial charge >= 0.3 is 0 Å². The van der Waals surface area contributed by atoms with E-state index < -0.39 is 0 Å². The van der Waals surface area contributed by atoms with Crippen LogP contribution in [0.2, 0.25) is 5.02 Å². The lowest BCUT2D eigenvalue weighted by Crippen LogP contribution is -2.34. The largest absolute Gasteiger partial charge is 0.492 e. The lowest BCUT2D eigenvalue weighted by molar-refractivity contribution is -0.120. The van der Waals surface area contributed by atoms with Crippen molar-refractivity contribution in [3.8, 4) is 5.75 Å². The number of benzene rings is 2. The normalized spacial score (nSPS) is 14.1. The minimum atomic E-state index is -0.253. The molecule has 0 bridgehead atoms. The lowest BCUT2D eigenvalue weighted by Gasteiger charge is -2.18. The maximum Gasteiger partial charge on any atom is 0.233 e. The molecule has 142 valence electrons. The predicted octanol–water partition coefficient (Wildman–Crippen LogP) is 3.90. The molecule has 1 aliphatic heterocycles. The highest BCUT2D eigenvalue weighted by atomic mass is 35.5. The number of ether oxygens (including phenoxy) is 1. The fraction of sp³-hybridized carbons (Fsp3) is 0.300. The van der Waals surface area contributed by atoms with E-state index in [-0.39, 0.29) is 17.1 Å². The maximum atomic E-state index is 12.2. The van der Waals surface area contributed by atoms with Gasteiger partial charge in [0.15, 0.2) is 0 Å². The minimum absolute atomic E-state index is 0.0441. The second-order valence-corrected chi connectivity index (χ2v) is 7.99. The van der Waals surface area contributed by atoms with E-state index in [2.05, 4.69) is 10.6 Å². The van der Waals surface area contributed by atoms with Gasteiger partial charge in [0.05, 0.1) is 16.8 Å². The highest BCUT2D eigenvalue weighted by Gasteiger charge is 2.16. The summed E-state index contributed by atoms with van der Waals surface area (Å²) in [7, 11) is 0. The number of anilines is 1. The first kappa shape index (κ1) is 19.6. The van der Waals surface area contributed by atoms with Crippen molar-refractivity contribution in [2.45, 2.75) is 29.9 Å². The Labute approximate surface area is 167 Å². The van der Waals surface area contributed by atoms with E-state index in [4.69, 9.17) is 16.3 Å². The molecule has 1 heterocycles. The molecular weight excluding hydrogens is 384 g/mol. The second-order valence-electron chi connectivity index (χ2n) is 6.20. The number of thioether (sulfide) groups is 1. The Morgan fingerprint density at radius 3 is 2.93 bits per heavy atom. The van der Waals surface area contributed by atoms with Gasteiger partial charge in [-0.3, -0.25) is 9.59 Å². The first-order valence-corrected chi connectivity index (χ1v) is 10.0. The zero-order chi connectivity index (χ0) is 19.2. The number of carbonyl (C=O) groups excluding carboxylic acids is 2. The number of halogens is 1. The molecular formula is C20H21ClN2O3S. The van der Waals surface area contributed by atoms with Crippen LogP contribution >= 0.6 is 23.4 Å². The lowest BCUT2D eigenvalue weighted by atomic mass is 10.0. The molecule has 1 atom stereocenters. The monoisotopic (exact) mass is 404 g/mol. The molecule has 5 nitrogen and oxygen atoms in total. The van der Waals surface area contributed by atoms with Crippen LogP contribution in [0.1, 0.15) is 18.9 Å². The van der Waals surface area contributed by atoms with E-state index >= 15 is 0 Å². The van der Waals surface area contributed by atoms with Crippen LogP contribution in [0.4, 0.5) is 5.69 Å². The Hall–Kier alpha value is -2.18. The molecule has 27 heavy (non-hydrogen) atoms. The summed E-state index contributed by atoms with van der Waals surface area (Å²) in [5, 5.41) is 6.11. The molecule has 0 spiro atoms. The van der Waals surface area contributed by atoms with Gasteiger partial charge in [-0.25, -0.2) is 0 Å². The number of amides is 2. The molecule has 2 amide bonds. The van der Waals surface area contributed by atoms with Crippen molar-refractivity contribution in [1.29, 1.82) is 0 Å². The highest BCUT2D eigenvalue weighted by Crippen LogP contribution is 2.30. The fourth-order valence-electron chi connectivity index (χ4n) is 2.72. The third-order valence-electron chi connectivity index (χ3n) is 4.15. The highest BCUT2D eigenvalue weighted by molar-refractivity contribution is 8.00. The zero-order valence-electron chi connectivity index (χ0n) is 15.0. The molecule has 2 aromatic carbocycles. The number of nitrogens with one attached hydrogen (secondary N) is 2. The number of rotatable bonds is 7. The van der Waals surface area contributed by atoms with Crippen LogP contribution in [0, 0.1) is 0 Å². The average Bonchev–Trinajstić information content (AvgIpc) is 2.66. The SMILES string of the molecule is CC(Sc1ccccc1Cl)C(=O)NCCOc1ccc2c(c1)CCC(=O)N2. The quantitative estimate of drug-likeness (QED) is 0.542. The van der Waals surface area contributed by atoms with E-state index in [1.807, 2.05) is 49.4 Å². The molecule has 3 rings (SSSR count). The van der Waals surface area contributed by atoms with Crippen LogP contribution < -0.4 is 15.4 Å². The fourth-order valence-corrected chi connectivity index (χ4v) is 3.90. The van der Waals surface area contributed by atoms with E-state index in [0.717, 1.165) is 21.9 Å². The zero-order valence-corrected chi connectivity index (χ0v) is 16.5. The van der Waals surface area contributed by atoms with Crippen molar-refractivity contribution in [3.63, 3.8) is 0 Å². The Balaban J connectivity index is 1.42. The maximum absolute atomic E-state index is 12.2. The minimum Gasteiger partial charge on any atom is -0.492 e. The van der Waals surface area contributed by atoms with Crippen LogP contribution in [0.25, 0.3) is 0 Å². The molecule has 0 saturated carbocycles. The summed E-state index contributed by atoms with van der Waals surface area (Å²) in [4.78, 5) is 24.5. The number of fused-ring (bicyclic) bond motifs is 1. The first-order chi connectivity index (χ1) is 13.0. The molecule has 1 unspecified atom stereocenters. The van der Waals surface area contributed by atoms with Crippen molar-refractivity contribution in [2.24, 2.45) is 0 Å².